The van der Waals surface area contributed by atoms with Crippen molar-refractivity contribution < 1.29 is 28.3 Å². The van der Waals surface area contributed by atoms with Crippen LogP contribution in [0.25, 0.3) is 10.9 Å². The molecule has 0 aliphatic heterocycles. The Kier molecular flexibility index (Phi) is 8.48. The number of halogens is 2. The second-order valence-corrected chi connectivity index (χ2v) is 11.2. The second kappa shape index (κ2) is 11.7. The molecule has 2 N–H and O–H groups in total. The molecule has 4 rings (SSSR count). The quantitative estimate of drug-likeness (QED) is 0.340. The third kappa shape index (κ3) is 7.18. The first-order valence-electron chi connectivity index (χ1n) is 13.0. The highest BCUT2D eigenvalue weighted by Crippen LogP contribution is 2.29. The van der Waals surface area contributed by atoms with Gasteiger partial charge in [0, 0.05) is 46.5 Å². The number of carbonyl (C=O) groups is 4. The lowest BCUT2D eigenvalue weighted by Gasteiger charge is -2.22. The van der Waals surface area contributed by atoms with Gasteiger partial charge in [-0.1, -0.05) is 23.7 Å². The summed E-state index contributed by atoms with van der Waals surface area (Å²) in [6.07, 6.45) is 2.55. The highest BCUT2D eigenvalue weighted by atomic mass is 35.5. The number of ether oxygens (including phenoxy) is 1. The van der Waals surface area contributed by atoms with E-state index in [9.17, 15) is 23.6 Å². The number of anilines is 1. The molecule has 11 heteroatoms. The van der Waals surface area contributed by atoms with E-state index in [1.54, 1.807) is 55.8 Å². The Labute approximate surface area is 236 Å². The average molecular weight is 571 g/mol. The van der Waals surface area contributed by atoms with Gasteiger partial charge >= 0.3 is 6.09 Å². The molecule has 0 radical (unpaired) electrons. The van der Waals surface area contributed by atoms with Gasteiger partial charge in [0.05, 0.1) is 11.6 Å². The zero-order valence-corrected chi connectivity index (χ0v) is 23.6. The fraction of sp³-hybridized carbons (Fsp3) is 0.379. The summed E-state index contributed by atoms with van der Waals surface area (Å²) in [7, 11) is 0. The van der Waals surface area contributed by atoms with Gasteiger partial charge in [0.2, 0.25) is 11.8 Å². The van der Waals surface area contributed by atoms with Gasteiger partial charge in [0.25, 0.3) is 0 Å². The van der Waals surface area contributed by atoms with Crippen molar-refractivity contribution in [2.75, 3.05) is 11.9 Å². The van der Waals surface area contributed by atoms with Gasteiger partial charge in [-0.25, -0.2) is 9.18 Å². The van der Waals surface area contributed by atoms with Crippen molar-refractivity contribution in [3.8, 4) is 0 Å². The van der Waals surface area contributed by atoms with Crippen LogP contribution >= 0.6 is 11.6 Å². The lowest BCUT2D eigenvalue weighted by Crippen LogP contribution is -2.43. The lowest BCUT2D eigenvalue weighted by atomic mass is 10.1. The Morgan fingerprint density at radius 3 is 2.52 bits per heavy atom. The van der Waals surface area contributed by atoms with Crippen molar-refractivity contribution in [3.05, 3.63) is 64.6 Å². The van der Waals surface area contributed by atoms with Crippen molar-refractivity contribution in [2.24, 2.45) is 0 Å². The van der Waals surface area contributed by atoms with Crippen LogP contribution in [0.4, 0.5) is 14.9 Å². The Balaban J connectivity index is 1.48. The molecular weight excluding hydrogens is 539 g/mol. The Morgan fingerprint density at radius 2 is 1.88 bits per heavy atom. The molecule has 1 fully saturated rings. The molecule has 1 aliphatic carbocycles. The number of hydrogen-bond donors (Lipinski definition) is 2. The van der Waals surface area contributed by atoms with E-state index in [4.69, 9.17) is 16.3 Å². The molecule has 0 saturated heterocycles. The molecule has 2 aromatic carbocycles. The fourth-order valence-corrected chi connectivity index (χ4v) is 4.53. The number of Topliss-reactive ketones (excluding diaryl/α,β-unsaturated/α-hetero) is 1. The summed E-state index contributed by atoms with van der Waals surface area (Å²) in [6.45, 7) is 6.39. The van der Waals surface area contributed by atoms with Crippen LogP contribution in [0.5, 0.6) is 0 Å². The van der Waals surface area contributed by atoms with E-state index in [1.807, 2.05) is 0 Å². The molecule has 1 saturated carbocycles. The third-order valence-corrected chi connectivity index (χ3v) is 6.63. The monoisotopic (exact) mass is 570 g/mol. The first kappa shape index (κ1) is 29.1. The highest BCUT2D eigenvalue weighted by molar-refractivity contribution is 6.30. The number of fused-ring (bicyclic) bond motifs is 1. The van der Waals surface area contributed by atoms with E-state index in [1.165, 1.54) is 24.0 Å². The summed E-state index contributed by atoms with van der Waals surface area (Å²) in [4.78, 5) is 52.2. The lowest BCUT2D eigenvalue weighted by molar-refractivity contribution is -0.137. The molecule has 0 spiro atoms. The maximum Gasteiger partial charge on any atom is 0.412 e. The Morgan fingerprint density at radius 1 is 1.15 bits per heavy atom. The van der Waals surface area contributed by atoms with E-state index in [0.29, 0.717) is 22.2 Å². The van der Waals surface area contributed by atoms with E-state index in [0.717, 1.165) is 12.8 Å². The summed E-state index contributed by atoms with van der Waals surface area (Å²) < 4.78 is 21.1. The fourth-order valence-electron chi connectivity index (χ4n) is 4.34. The van der Waals surface area contributed by atoms with Crippen molar-refractivity contribution in [1.29, 1.82) is 0 Å². The minimum atomic E-state index is -0.668. The molecule has 1 aromatic heterocycles. The number of aromatic nitrogens is 1. The predicted octanol–water partition coefficient (Wildman–Crippen LogP) is 5.29. The van der Waals surface area contributed by atoms with Crippen LogP contribution in [0.1, 0.15) is 56.5 Å². The predicted molar refractivity (Wildman–Crippen MR) is 150 cm³/mol. The normalized spacial score (nSPS) is 13.2. The summed E-state index contributed by atoms with van der Waals surface area (Å²) in [5, 5.41) is 5.87. The van der Waals surface area contributed by atoms with Crippen LogP contribution < -0.4 is 10.6 Å². The van der Waals surface area contributed by atoms with Gasteiger partial charge in [0.1, 0.15) is 18.0 Å². The highest BCUT2D eigenvalue weighted by Gasteiger charge is 2.34. The molecule has 3 amide bonds. The van der Waals surface area contributed by atoms with Crippen LogP contribution in [0.2, 0.25) is 5.02 Å². The van der Waals surface area contributed by atoms with Crippen LogP contribution in [0, 0.1) is 5.82 Å². The van der Waals surface area contributed by atoms with Crippen LogP contribution in [-0.2, 0) is 27.4 Å². The molecule has 212 valence electrons. The summed E-state index contributed by atoms with van der Waals surface area (Å²) in [5.41, 5.74) is 1.06. The molecule has 1 aliphatic rings. The number of rotatable bonds is 9. The number of benzene rings is 2. The van der Waals surface area contributed by atoms with Crippen molar-refractivity contribution in [1.82, 2.24) is 14.8 Å². The molecule has 9 nitrogen and oxygen atoms in total. The zero-order chi connectivity index (χ0) is 29.2. The van der Waals surface area contributed by atoms with Gasteiger partial charge in [-0.15, -0.1) is 0 Å². The standard InChI is InChI=1S/C29H32ClFN4O5/c1-17(36)22-14-34(24-11-8-19(12-21(22)24)33-28(39)40-29(2,3)4)16-26(38)35(20-9-10-20)15-25(37)32-13-18-6-5-7-23(30)27(18)31/h5-8,11-12,14,20H,9-10,13,15-16H2,1-4H3,(H,32,37)(H,33,39). The van der Waals surface area contributed by atoms with E-state index < -0.39 is 23.4 Å². The SMILES string of the molecule is CC(=O)c1cn(CC(=O)N(CC(=O)NCc2cccc(Cl)c2F)C2CC2)c2ccc(NC(=O)OC(C)(C)C)cc12. The molecule has 3 aromatic rings. The number of amides is 3. The Hall–Kier alpha value is -3.92. The van der Waals surface area contributed by atoms with Crippen molar-refractivity contribution in [3.63, 3.8) is 0 Å². The number of hydrogen-bond acceptors (Lipinski definition) is 5. The number of nitrogens with one attached hydrogen (secondary N) is 2. The van der Waals surface area contributed by atoms with Gasteiger partial charge in [-0.2, -0.15) is 0 Å². The first-order chi connectivity index (χ1) is 18.8. The number of carbonyl (C=O) groups excluding carboxylic acids is 4. The molecule has 1 heterocycles. The second-order valence-electron chi connectivity index (χ2n) is 10.8. The summed E-state index contributed by atoms with van der Waals surface area (Å²) in [6, 6.07) is 9.55. The molecular formula is C29H32ClFN4O5. The van der Waals surface area contributed by atoms with Gasteiger partial charge < -0.3 is 19.5 Å². The summed E-state index contributed by atoms with van der Waals surface area (Å²) in [5.74, 6) is -1.49. The minimum Gasteiger partial charge on any atom is -0.444 e. The molecule has 40 heavy (non-hydrogen) atoms. The van der Waals surface area contributed by atoms with E-state index >= 15 is 0 Å². The topological polar surface area (TPSA) is 110 Å². The maximum absolute atomic E-state index is 14.2. The van der Waals surface area contributed by atoms with Gasteiger partial charge in [0.15, 0.2) is 5.78 Å². The van der Waals surface area contributed by atoms with E-state index in [-0.39, 0.29) is 48.0 Å². The molecule has 0 atom stereocenters. The number of nitrogens with zero attached hydrogens (tertiary/aromatic N) is 2. The number of ketones is 1. The summed E-state index contributed by atoms with van der Waals surface area (Å²) >= 11 is 5.81. The Bertz CT molecular complexity index is 1480. The largest absolute Gasteiger partial charge is 0.444 e. The minimum absolute atomic E-state index is 0.0295. The van der Waals surface area contributed by atoms with E-state index in [2.05, 4.69) is 10.6 Å². The first-order valence-corrected chi connectivity index (χ1v) is 13.3. The van der Waals surface area contributed by atoms with Gasteiger partial charge in [-0.05, 0) is 64.8 Å². The molecule has 0 unspecified atom stereocenters. The third-order valence-electron chi connectivity index (χ3n) is 6.34. The zero-order valence-electron chi connectivity index (χ0n) is 22.8. The van der Waals surface area contributed by atoms with Crippen LogP contribution in [-0.4, -0.2) is 51.3 Å². The van der Waals surface area contributed by atoms with Gasteiger partial charge in [-0.3, -0.25) is 19.7 Å². The molecule has 0 bridgehead atoms. The maximum atomic E-state index is 14.2. The van der Waals surface area contributed by atoms with Crippen molar-refractivity contribution >= 4 is 51.9 Å². The smallest absolute Gasteiger partial charge is 0.412 e. The van der Waals surface area contributed by atoms with Crippen LogP contribution in [0.15, 0.2) is 42.6 Å². The van der Waals surface area contributed by atoms with Crippen LogP contribution in [0.3, 0.4) is 0 Å². The average Bonchev–Trinajstić information content (AvgIpc) is 3.64. The van der Waals surface area contributed by atoms with Crippen molar-refractivity contribution in [2.45, 2.75) is 65.3 Å².